The molecule has 84 heavy (non-hydrogen) atoms. The van der Waals surface area contributed by atoms with Gasteiger partial charge in [0.1, 0.15) is 104 Å². The molecule has 0 spiro atoms. The van der Waals surface area contributed by atoms with E-state index in [1.54, 1.807) is 7.11 Å². The van der Waals surface area contributed by atoms with Crippen molar-refractivity contribution in [2.24, 2.45) is 46.3 Å². The maximum Gasteiger partial charge on any atom is 0.187 e. The van der Waals surface area contributed by atoms with Crippen molar-refractivity contribution in [1.29, 1.82) is 0 Å². The van der Waals surface area contributed by atoms with Crippen LogP contribution < -0.4 is 0 Å². The van der Waals surface area contributed by atoms with E-state index in [-0.39, 0.29) is 41.3 Å². The topological polar surface area (TPSA) is 394 Å². The molecule has 9 fully saturated rings. The molecule has 0 bridgehead atoms. The average Bonchev–Trinajstić information content (AvgIpc) is 1.99. The Bertz CT molecular complexity index is 2220. The molecule has 6 saturated heterocycles. The van der Waals surface area contributed by atoms with Crippen LogP contribution in [-0.2, 0) is 56.8 Å². The van der Waals surface area contributed by atoms with Crippen LogP contribution in [0.25, 0.3) is 0 Å². The second-order valence-electron chi connectivity index (χ2n) is 26.8. The van der Waals surface area contributed by atoms with Gasteiger partial charge in [0.15, 0.2) is 37.2 Å². The van der Waals surface area contributed by atoms with E-state index in [1.165, 1.54) is 26.3 Å². The number of allylic oxidation sites excluding steroid dienone is 1. The van der Waals surface area contributed by atoms with E-state index in [0.717, 1.165) is 32.1 Å². The van der Waals surface area contributed by atoms with E-state index in [1.807, 2.05) is 6.92 Å². The summed E-state index contributed by atoms with van der Waals surface area (Å²) in [5.74, 6) is 0.707. The molecule has 3 saturated carbocycles. The summed E-state index contributed by atoms with van der Waals surface area (Å²) in [4.78, 5) is 0. The van der Waals surface area contributed by atoms with Crippen LogP contribution in [0.1, 0.15) is 106 Å². The molecule has 0 aromatic rings. The zero-order valence-electron chi connectivity index (χ0n) is 49.3. The molecule has 0 aromatic heterocycles. The molecule has 484 valence electrons. The molecule has 1 unspecified atom stereocenters. The van der Waals surface area contributed by atoms with Crippen LogP contribution in [0.4, 0.5) is 0 Å². The fourth-order valence-electron chi connectivity index (χ4n) is 16.7. The summed E-state index contributed by atoms with van der Waals surface area (Å²) in [6.07, 6.45) is -28.2. The van der Waals surface area contributed by atoms with Crippen LogP contribution in [0.15, 0.2) is 11.6 Å². The van der Waals surface area contributed by atoms with Gasteiger partial charge in [-0.25, -0.2) is 0 Å². The van der Waals surface area contributed by atoms with Gasteiger partial charge in [-0.1, -0.05) is 39.3 Å². The Balaban J connectivity index is 0.792. The number of hydrogen-bond acceptors (Lipinski definition) is 26. The fraction of sp³-hybridized carbons (Fsp3) is 0.966. The first-order valence-corrected chi connectivity index (χ1v) is 30.5. The lowest BCUT2D eigenvalue weighted by atomic mass is 9.47. The monoisotopic (exact) mass is 1210 g/mol. The summed E-state index contributed by atoms with van der Waals surface area (Å²) >= 11 is 0. The van der Waals surface area contributed by atoms with Crippen molar-refractivity contribution < 1.29 is 128 Å². The normalized spacial score (nSPS) is 55.3. The number of hydrogen-bond donors (Lipinski definition) is 14. The molecule has 14 N–H and O–H groups in total. The molecule has 36 atom stereocenters. The van der Waals surface area contributed by atoms with Gasteiger partial charge in [-0.05, 0) is 113 Å². The summed E-state index contributed by atoms with van der Waals surface area (Å²) in [7, 11) is 1.71. The molecule has 4 aliphatic carbocycles. The van der Waals surface area contributed by atoms with Crippen LogP contribution in [-0.4, -0.2) is 270 Å². The Hall–Kier alpha value is -1.30. The molecular weight excluding hydrogens is 1110 g/mol. The van der Waals surface area contributed by atoms with E-state index in [4.69, 9.17) is 56.8 Å². The van der Waals surface area contributed by atoms with Crippen molar-refractivity contribution in [3.8, 4) is 0 Å². The highest BCUT2D eigenvalue weighted by Crippen LogP contribution is 2.70. The molecule has 6 aliphatic heterocycles. The highest BCUT2D eigenvalue weighted by Gasteiger charge is 2.69. The minimum atomic E-state index is -1.88. The minimum Gasteiger partial charge on any atom is -0.394 e. The van der Waals surface area contributed by atoms with Crippen LogP contribution >= 0.6 is 0 Å². The molecule has 0 radical (unpaired) electrons. The minimum absolute atomic E-state index is 0.000235. The third-order valence-electron chi connectivity index (χ3n) is 21.8. The molecule has 6 heterocycles. The molecule has 0 amide bonds. The number of methoxy groups -OCH3 is 1. The highest BCUT2D eigenvalue weighted by molar-refractivity contribution is 5.26. The first kappa shape index (κ1) is 65.6. The third kappa shape index (κ3) is 11.8. The van der Waals surface area contributed by atoms with Crippen molar-refractivity contribution in [3.05, 3.63) is 11.6 Å². The summed E-state index contributed by atoms with van der Waals surface area (Å²) in [6.45, 7) is 12.4. The first-order valence-electron chi connectivity index (χ1n) is 30.5. The molecule has 0 aromatic carbocycles. The zero-order valence-corrected chi connectivity index (χ0v) is 49.3. The van der Waals surface area contributed by atoms with E-state index >= 15 is 0 Å². The third-order valence-corrected chi connectivity index (χ3v) is 21.8. The first-order chi connectivity index (χ1) is 39.7. The van der Waals surface area contributed by atoms with Gasteiger partial charge in [0.05, 0.1) is 50.3 Å². The van der Waals surface area contributed by atoms with E-state index in [9.17, 15) is 71.5 Å². The number of fused-ring (bicyclic) bond motifs is 7. The van der Waals surface area contributed by atoms with Crippen LogP contribution in [0.3, 0.4) is 0 Å². The van der Waals surface area contributed by atoms with Gasteiger partial charge < -0.3 is 128 Å². The number of aliphatic hydroxyl groups is 14. The number of ether oxygens (including phenoxy) is 12. The van der Waals surface area contributed by atoms with Gasteiger partial charge in [-0.15, -0.1) is 0 Å². The highest BCUT2D eigenvalue weighted by atomic mass is 16.8. The molecule has 26 nitrogen and oxygen atoms in total. The predicted molar refractivity (Wildman–Crippen MR) is 285 cm³/mol. The van der Waals surface area contributed by atoms with Gasteiger partial charge in [0.2, 0.25) is 0 Å². The number of rotatable bonds is 17. The largest absolute Gasteiger partial charge is 0.394 e. The lowest BCUT2D eigenvalue weighted by Gasteiger charge is -2.58. The van der Waals surface area contributed by atoms with Crippen molar-refractivity contribution in [3.63, 3.8) is 0 Å². The van der Waals surface area contributed by atoms with Crippen molar-refractivity contribution in [2.45, 2.75) is 278 Å². The molecule has 26 heteroatoms. The van der Waals surface area contributed by atoms with Gasteiger partial charge in [0.25, 0.3) is 0 Å². The van der Waals surface area contributed by atoms with Crippen molar-refractivity contribution in [2.75, 3.05) is 26.9 Å². The lowest BCUT2D eigenvalue weighted by Crippen LogP contribution is -2.67. The van der Waals surface area contributed by atoms with Crippen molar-refractivity contribution in [1.82, 2.24) is 0 Å². The Kier molecular flexibility index (Phi) is 20.1. The summed E-state index contributed by atoms with van der Waals surface area (Å²) < 4.78 is 73.6. The average molecular weight is 1210 g/mol. The lowest BCUT2D eigenvalue weighted by molar-refractivity contribution is -0.394. The van der Waals surface area contributed by atoms with Crippen LogP contribution in [0, 0.1) is 46.3 Å². The van der Waals surface area contributed by atoms with Crippen molar-refractivity contribution >= 4 is 0 Å². The van der Waals surface area contributed by atoms with Crippen LogP contribution in [0.2, 0.25) is 0 Å². The van der Waals surface area contributed by atoms with Crippen LogP contribution in [0.5, 0.6) is 0 Å². The van der Waals surface area contributed by atoms with E-state index < -0.39 is 179 Å². The van der Waals surface area contributed by atoms with Gasteiger partial charge in [-0.3, -0.25) is 0 Å². The number of aliphatic hydroxyl groups excluding tert-OH is 14. The van der Waals surface area contributed by atoms with Gasteiger partial charge >= 0.3 is 0 Å². The smallest absolute Gasteiger partial charge is 0.187 e. The fourth-order valence-corrected chi connectivity index (χ4v) is 16.7. The quantitative estimate of drug-likeness (QED) is 0.0671. The SMILES string of the molecule is COC1(CC[C@H](C)CO[C@@H]2O[C@H](CO)[C@@H](O)[C@H](O)[C@H]2O)O[C@H]2C[C@H]3[C@@H]4CC=C5C[C@@H](O[C@@H]6O[C@H](CO)[C@@H](O[C@@H]7O[C@@H](C)[C@H](O[C@@H]8O[C@@H](C)[C@H](O)[C@@H](O)[C@H]8O)[C@@H](O)[C@H]7O)[C@H](O)[C@H]6O[C@@H]6O[C@@H](C)[C@H](O)[C@@H](O)[C@H]6O)CC[C@]5(C)[C@H]4CC[C@]3(C)[C@H]2[C@@H]1C. The van der Waals surface area contributed by atoms with E-state index in [0.29, 0.717) is 43.4 Å². The maximum atomic E-state index is 12.3. The molecule has 10 aliphatic rings. The summed E-state index contributed by atoms with van der Waals surface area (Å²) in [5, 5.41) is 150. The second-order valence-corrected chi connectivity index (χ2v) is 26.8. The Labute approximate surface area is 489 Å². The Morgan fingerprint density at radius 2 is 1.13 bits per heavy atom. The molecular formula is C58H96O26. The Morgan fingerprint density at radius 1 is 0.571 bits per heavy atom. The van der Waals surface area contributed by atoms with Gasteiger partial charge in [0, 0.05) is 19.4 Å². The maximum absolute atomic E-state index is 12.3. The summed E-state index contributed by atoms with van der Waals surface area (Å²) in [6, 6.07) is 0. The molecule has 10 rings (SSSR count). The zero-order chi connectivity index (χ0) is 60.8. The van der Waals surface area contributed by atoms with Gasteiger partial charge in [-0.2, -0.15) is 0 Å². The van der Waals surface area contributed by atoms with E-state index in [2.05, 4.69) is 26.8 Å². The Morgan fingerprint density at radius 3 is 1.75 bits per heavy atom. The second kappa shape index (κ2) is 25.8. The standard InChI is InChI=1S/C58H96O26/c1-22(21-74-51-43(68)41(66)38(63)33(19-59)79-51)11-16-58(73-8)23(2)35-32(84-58)18-31-29-10-9-27-17-28(12-14-56(27,6)30(29)13-15-57(31,35)7)78-55-50(83-53-45(70)40(65)37(62)25(4)76-53)47(72)49(34(20-60)80-55)82-54-46(71)42(67)48(26(5)77-54)81-52-44(69)39(64)36(61)24(3)75-52/h9,22-26,28-55,59-72H,10-21H2,1-8H3/t22-,23-,24-,25-,26-,28-,29+,30-,31-,32-,33+,34+,35-,36-,37-,38+,39+,40+,41-,42-,43+,44+,45+,46+,47-,48-,49+,50+,51+,52-,53-,54-,55+,56-,57-,58?/m0/s1. The predicted octanol–water partition coefficient (Wildman–Crippen LogP) is -2.47. The summed E-state index contributed by atoms with van der Waals surface area (Å²) in [5.41, 5.74) is 1.09.